The molecule has 0 unspecified atom stereocenters. The predicted molar refractivity (Wildman–Crippen MR) is 95.4 cm³/mol. The highest BCUT2D eigenvalue weighted by Crippen LogP contribution is 2.25. The maximum Gasteiger partial charge on any atom is 0.220 e. The highest BCUT2D eigenvalue weighted by molar-refractivity contribution is 5.76. The fraction of sp³-hybridized carbons (Fsp3) is 0.190. The van der Waals surface area contributed by atoms with E-state index in [0.717, 1.165) is 5.56 Å². The van der Waals surface area contributed by atoms with Crippen LogP contribution in [0.5, 0.6) is 0 Å². The van der Waals surface area contributed by atoms with Gasteiger partial charge < -0.3 is 9.73 Å². The van der Waals surface area contributed by atoms with E-state index in [0.29, 0.717) is 36.5 Å². The van der Waals surface area contributed by atoms with E-state index < -0.39 is 0 Å². The van der Waals surface area contributed by atoms with Crippen LogP contribution in [-0.2, 0) is 17.8 Å². The summed E-state index contributed by atoms with van der Waals surface area (Å²) in [5.41, 5.74) is 2.69. The van der Waals surface area contributed by atoms with Crippen LogP contribution in [-0.4, -0.2) is 5.91 Å². The molecule has 0 bridgehead atoms. The average Bonchev–Trinajstić information content (AvgIpc) is 3.08. The van der Waals surface area contributed by atoms with Crippen LogP contribution in [0.3, 0.4) is 0 Å². The summed E-state index contributed by atoms with van der Waals surface area (Å²) in [6.45, 7) is 2.54. The summed E-state index contributed by atoms with van der Waals surface area (Å²) in [6, 6.07) is 18.0. The lowest BCUT2D eigenvalue weighted by atomic mass is 10.1. The Balaban J connectivity index is 1.51. The van der Waals surface area contributed by atoms with Gasteiger partial charge in [-0.15, -0.1) is 0 Å². The van der Waals surface area contributed by atoms with Gasteiger partial charge in [-0.25, -0.2) is 4.39 Å². The molecule has 0 saturated carbocycles. The zero-order valence-corrected chi connectivity index (χ0v) is 14.1. The first-order chi connectivity index (χ1) is 12.1. The van der Waals surface area contributed by atoms with Crippen LogP contribution in [0.2, 0.25) is 0 Å². The van der Waals surface area contributed by atoms with Crippen LogP contribution in [0.1, 0.15) is 23.3 Å². The molecule has 3 aromatic rings. The van der Waals surface area contributed by atoms with Crippen molar-refractivity contribution in [1.82, 2.24) is 5.32 Å². The highest BCUT2D eigenvalue weighted by Gasteiger charge is 2.10. The first kappa shape index (κ1) is 17.0. The molecule has 128 valence electrons. The molecule has 3 rings (SSSR count). The Kier molecular flexibility index (Phi) is 5.29. The van der Waals surface area contributed by atoms with E-state index in [9.17, 15) is 9.18 Å². The van der Waals surface area contributed by atoms with Crippen LogP contribution in [0, 0.1) is 12.7 Å². The van der Waals surface area contributed by atoms with E-state index in [-0.39, 0.29) is 11.7 Å². The summed E-state index contributed by atoms with van der Waals surface area (Å²) in [4.78, 5) is 12.0. The molecular formula is C21H20FNO2. The van der Waals surface area contributed by atoms with E-state index in [2.05, 4.69) is 5.32 Å². The Morgan fingerprint density at radius 3 is 2.56 bits per heavy atom. The zero-order chi connectivity index (χ0) is 17.6. The van der Waals surface area contributed by atoms with Crippen LogP contribution in [0.25, 0.3) is 11.3 Å². The van der Waals surface area contributed by atoms with Gasteiger partial charge in [0.05, 0.1) is 5.56 Å². The minimum Gasteiger partial charge on any atom is -0.461 e. The van der Waals surface area contributed by atoms with Gasteiger partial charge in [-0.05, 0) is 36.8 Å². The largest absolute Gasteiger partial charge is 0.461 e. The Bertz CT molecular complexity index is 852. The van der Waals surface area contributed by atoms with E-state index >= 15 is 0 Å². The molecule has 1 aromatic heterocycles. The second-order valence-corrected chi connectivity index (χ2v) is 6.01. The quantitative estimate of drug-likeness (QED) is 0.712. The minimum atomic E-state index is -0.320. The second kappa shape index (κ2) is 7.79. The Labute approximate surface area is 146 Å². The lowest BCUT2D eigenvalue weighted by Crippen LogP contribution is -2.22. The monoisotopic (exact) mass is 337 g/mol. The van der Waals surface area contributed by atoms with Crippen molar-refractivity contribution in [2.24, 2.45) is 0 Å². The number of benzene rings is 2. The van der Waals surface area contributed by atoms with Gasteiger partial charge in [0, 0.05) is 19.4 Å². The molecule has 1 amide bonds. The SMILES string of the molecule is Cc1ccc(CNC(=O)CCc2ccc(-c3ccccc3F)o2)cc1. The van der Waals surface area contributed by atoms with Gasteiger partial charge in [-0.3, -0.25) is 4.79 Å². The van der Waals surface area contributed by atoms with Crippen molar-refractivity contribution in [3.05, 3.63) is 83.4 Å². The molecule has 3 nitrogen and oxygen atoms in total. The number of halogens is 1. The van der Waals surface area contributed by atoms with E-state index in [4.69, 9.17) is 4.42 Å². The third-order valence-electron chi connectivity index (χ3n) is 4.01. The van der Waals surface area contributed by atoms with Gasteiger partial charge in [-0.2, -0.15) is 0 Å². The van der Waals surface area contributed by atoms with Crippen molar-refractivity contribution < 1.29 is 13.6 Å². The van der Waals surface area contributed by atoms with Gasteiger partial charge >= 0.3 is 0 Å². The standard InChI is InChI=1S/C21H20FNO2/c1-15-6-8-16(9-7-15)14-23-21(24)13-11-17-10-12-20(25-17)18-4-2-3-5-19(18)22/h2-10,12H,11,13-14H2,1H3,(H,23,24). The fourth-order valence-electron chi connectivity index (χ4n) is 2.55. The first-order valence-electron chi connectivity index (χ1n) is 8.27. The van der Waals surface area contributed by atoms with Crippen molar-refractivity contribution in [3.8, 4) is 11.3 Å². The maximum atomic E-state index is 13.8. The number of rotatable bonds is 6. The van der Waals surface area contributed by atoms with Crippen LogP contribution >= 0.6 is 0 Å². The van der Waals surface area contributed by atoms with Gasteiger partial charge in [0.2, 0.25) is 5.91 Å². The number of carbonyl (C=O) groups is 1. The molecule has 0 spiro atoms. The third kappa shape index (κ3) is 4.57. The minimum absolute atomic E-state index is 0.0376. The van der Waals surface area contributed by atoms with Crippen LogP contribution in [0.15, 0.2) is 65.1 Å². The molecule has 1 N–H and O–H groups in total. The van der Waals surface area contributed by atoms with E-state index in [1.165, 1.54) is 11.6 Å². The number of nitrogens with one attached hydrogen (secondary N) is 1. The molecule has 0 saturated heterocycles. The summed E-state index contributed by atoms with van der Waals surface area (Å²) < 4.78 is 19.4. The molecule has 1 heterocycles. The van der Waals surface area contributed by atoms with Crippen molar-refractivity contribution in [3.63, 3.8) is 0 Å². The molecule has 0 atom stereocenters. The normalized spacial score (nSPS) is 10.6. The second-order valence-electron chi connectivity index (χ2n) is 6.01. The van der Waals surface area contributed by atoms with Crippen molar-refractivity contribution in [1.29, 1.82) is 0 Å². The number of furan rings is 1. The summed E-state index contributed by atoms with van der Waals surface area (Å²) in [6.07, 6.45) is 0.810. The smallest absolute Gasteiger partial charge is 0.220 e. The number of hydrogen-bond acceptors (Lipinski definition) is 2. The fourth-order valence-corrected chi connectivity index (χ4v) is 2.55. The van der Waals surface area contributed by atoms with Crippen molar-refractivity contribution >= 4 is 5.91 Å². The predicted octanol–water partition coefficient (Wildman–Crippen LogP) is 4.64. The van der Waals surface area contributed by atoms with Gasteiger partial charge in [0.15, 0.2) is 0 Å². The zero-order valence-electron chi connectivity index (χ0n) is 14.1. The maximum absolute atomic E-state index is 13.8. The molecule has 25 heavy (non-hydrogen) atoms. The Morgan fingerprint density at radius 1 is 1.04 bits per heavy atom. The number of carbonyl (C=O) groups excluding carboxylic acids is 1. The molecule has 0 fully saturated rings. The molecule has 2 aromatic carbocycles. The number of hydrogen-bond donors (Lipinski definition) is 1. The van der Waals surface area contributed by atoms with Gasteiger partial charge in [0.25, 0.3) is 0 Å². The van der Waals surface area contributed by atoms with Gasteiger partial charge in [-0.1, -0.05) is 42.0 Å². The molecular weight excluding hydrogens is 317 g/mol. The average molecular weight is 337 g/mol. The molecule has 0 radical (unpaired) electrons. The number of aryl methyl sites for hydroxylation is 2. The summed E-state index contributed by atoms with van der Waals surface area (Å²) in [7, 11) is 0. The lowest BCUT2D eigenvalue weighted by molar-refractivity contribution is -0.121. The van der Waals surface area contributed by atoms with Crippen molar-refractivity contribution in [2.75, 3.05) is 0 Å². The lowest BCUT2D eigenvalue weighted by Gasteiger charge is -2.05. The summed E-state index contributed by atoms with van der Waals surface area (Å²) >= 11 is 0. The van der Waals surface area contributed by atoms with E-state index in [1.807, 2.05) is 31.2 Å². The topological polar surface area (TPSA) is 42.2 Å². The molecule has 0 aliphatic heterocycles. The first-order valence-corrected chi connectivity index (χ1v) is 8.27. The third-order valence-corrected chi connectivity index (χ3v) is 4.01. The molecule has 0 aliphatic carbocycles. The Morgan fingerprint density at radius 2 is 1.80 bits per heavy atom. The number of amides is 1. The summed E-state index contributed by atoms with van der Waals surface area (Å²) in [5, 5.41) is 2.90. The molecule has 4 heteroatoms. The van der Waals surface area contributed by atoms with Crippen molar-refractivity contribution in [2.45, 2.75) is 26.3 Å². The molecule has 0 aliphatic rings. The van der Waals surface area contributed by atoms with E-state index in [1.54, 1.807) is 30.3 Å². The van der Waals surface area contributed by atoms with Crippen LogP contribution in [0.4, 0.5) is 4.39 Å². The van der Waals surface area contributed by atoms with Gasteiger partial charge in [0.1, 0.15) is 17.3 Å². The van der Waals surface area contributed by atoms with Crippen LogP contribution < -0.4 is 5.32 Å². The summed E-state index contributed by atoms with van der Waals surface area (Å²) in [5.74, 6) is 0.792. The highest BCUT2D eigenvalue weighted by atomic mass is 19.1. The Hall–Kier alpha value is -2.88.